The van der Waals surface area contributed by atoms with Gasteiger partial charge < -0.3 is 20.3 Å². The number of carbonyl (C=O) groups excluding carboxylic acids is 1. The highest BCUT2D eigenvalue weighted by Gasteiger charge is 2.33. The van der Waals surface area contributed by atoms with E-state index < -0.39 is 17.9 Å². The van der Waals surface area contributed by atoms with E-state index in [1.54, 1.807) is 31.1 Å². The number of ether oxygens (including phenoxy) is 1. The highest BCUT2D eigenvalue weighted by molar-refractivity contribution is 6.03. The zero-order valence-electron chi connectivity index (χ0n) is 19.4. The van der Waals surface area contributed by atoms with Crippen LogP contribution in [-0.2, 0) is 28.8 Å². The van der Waals surface area contributed by atoms with Gasteiger partial charge in [0.25, 0.3) is 0 Å². The first kappa shape index (κ1) is 24.4. The summed E-state index contributed by atoms with van der Waals surface area (Å²) in [7, 11) is 3.40. The van der Waals surface area contributed by atoms with Crippen molar-refractivity contribution in [3.63, 3.8) is 0 Å². The molecule has 0 radical (unpaired) electrons. The number of pyridine rings is 1. The Morgan fingerprint density at radius 1 is 1.20 bits per heavy atom. The van der Waals surface area contributed by atoms with Crippen molar-refractivity contribution in [2.45, 2.75) is 38.7 Å². The standard InChI is InChI=1S/C22H25F3N8O2/c1-13-18-19(32(2)16(6-7-35-3)20(34)30-18)31-21(29-13)27-9-15-10-28-33(12-15)11-14-4-5-17(26-8-14)22(23,24)25/h4-5,8,10,12,16H,6-7,9,11H2,1-3H3,(H,30,34)(H,27,29,31). The van der Waals surface area contributed by atoms with Gasteiger partial charge in [-0.3, -0.25) is 14.5 Å². The monoisotopic (exact) mass is 490 g/mol. The Bertz CT molecular complexity index is 1200. The van der Waals surface area contributed by atoms with Gasteiger partial charge in [0.05, 0.1) is 18.4 Å². The summed E-state index contributed by atoms with van der Waals surface area (Å²) in [5.41, 5.74) is 1.72. The van der Waals surface area contributed by atoms with E-state index in [0.29, 0.717) is 48.3 Å². The minimum absolute atomic E-state index is 0.125. The normalized spacial score (nSPS) is 15.7. The molecule has 0 fully saturated rings. The molecule has 1 amide bonds. The Kier molecular flexibility index (Phi) is 6.87. The van der Waals surface area contributed by atoms with E-state index in [-0.39, 0.29) is 12.5 Å². The number of nitrogens with zero attached hydrogens (tertiary/aromatic N) is 6. The minimum Gasteiger partial charge on any atom is -0.385 e. The number of methoxy groups -OCH3 is 1. The fourth-order valence-corrected chi connectivity index (χ4v) is 3.76. The highest BCUT2D eigenvalue weighted by Crippen LogP contribution is 2.33. The Hall–Kier alpha value is -3.74. The molecule has 1 aliphatic rings. The molecule has 10 nitrogen and oxygen atoms in total. The molecule has 4 heterocycles. The van der Waals surface area contributed by atoms with Gasteiger partial charge in [0.15, 0.2) is 5.82 Å². The van der Waals surface area contributed by atoms with Crippen LogP contribution in [0, 0.1) is 6.92 Å². The molecule has 4 rings (SSSR count). The van der Waals surface area contributed by atoms with E-state index in [1.165, 1.54) is 12.3 Å². The van der Waals surface area contributed by atoms with E-state index >= 15 is 0 Å². The lowest BCUT2D eigenvalue weighted by Gasteiger charge is -2.34. The van der Waals surface area contributed by atoms with Gasteiger partial charge in [0.2, 0.25) is 11.9 Å². The fraction of sp³-hybridized carbons (Fsp3) is 0.409. The van der Waals surface area contributed by atoms with Crippen LogP contribution in [0.2, 0.25) is 0 Å². The summed E-state index contributed by atoms with van der Waals surface area (Å²) in [4.78, 5) is 26.8. The number of amides is 1. The number of anilines is 3. The third-order valence-electron chi connectivity index (χ3n) is 5.62. The number of hydrogen-bond donors (Lipinski definition) is 2. The van der Waals surface area contributed by atoms with Crippen LogP contribution in [-0.4, -0.2) is 57.4 Å². The van der Waals surface area contributed by atoms with Gasteiger partial charge in [0, 0.05) is 51.7 Å². The molecule has 2 N–H and O–H groups in total. The molecule has 3 aromatic heterocycles. The first-order valence-electron chi connectivity index (χ1n) is 10.8. The summed E-state index contributed by atoms with van der Waals surface area (Å²) >= 11 is 0. The summed E-state index contributed by atoms with van der Waals surface area (Å²) in [6.07, 6.45) is 0.691. The number of aryl methyl sites for hydroxylation is 1. The lowest BCUT2D eigenvalue weighted by Crippen LogP contribution is -2.47. The van der Waals surface area contributed by atoms with E-state index in [2.05, 4.69) is 30.7 Å². The van der Waals surface area contributed by atoms with E-state index in [1.807, 2.05) is 11.9 Å². The largest absolute Gasteiger partial charge is 0.433 e. The SMILES string of the molecule is COCCC1C(=O)Nc2c(C)nc(NCc3cnn(Cc4ccc(C(F)(F)F)nc4)c3)nc2N1C. The molecular formula is C22H25F3N8O2. The number of halogens is 3. The predicted molar refractivity (Wildman–Crippen MR) is 122 cm³/mol. The Morgan fingerprint density at radius 3 is 2.69 bits per heavy atom. The molecule has 0 saturated carbocycles. The van der Waals surface area contributed by atoms with Crippen LogP contribution in [0.1, 0.15) is 28.9 Å². The van der Waals surface area contributed by atoms with Gasteiger partial charge in [-0.05, 0) is 18.6 Å². The molecule has 1 unspecified atom stereocenters. The molecule has 35 heavy (non-hydrogen) atoms. The second-order valence-corrected chi connectivity index (χ2v) is 8.18. The van der Waals surface area contributed by atoms with Crippen molar-refractivity contribution < 1.29 is 22.7 Å². The molecule has 186 valence electrons. The molecule has 1 atom stereocenters. The first-order valence-corrected chi connectivity index (χ1v) is 10.8. The smallest absolute Gasteiger partial charge is 0.385 e. The van der Waals surface area contributed by atoms with E-state index in [9.17, 15) is 18.0 Å². The zero-order valence-corrected chi connectivity index (χ0v) is 19.4. The molecule has 0 spiro atoms. The van der Waals surface area contributed by atoms with Crippen molar-refractivity contribution in [3.8, 4) is 0 Å². The highest BCUT2D eigenvalue weighted by atomic mass is 19.4. The summed E-state index contributed by atoms with van der Waals surface area (Å²) in [5, 5.41) is 10.3. The average Bonchev–Trinajstić information content (AvgIpc) is 3.25. The number of aromatic nitrogens is 5. The molecule has 1 aliphatic heterocycles. The van der Waals surface area contributed by atoms with Crippen molar-refractivity contribution in [2.24, 2.45) is 0 Å². The number of nitrogens with one attached hydrogen (secondary N) is 2. The maximum atomic E-state index is 12.7. The van der Waals surface area contributed by atoms with Crippen molar-refractivity contribution in [3.05, 3.63) is 53.2 Å². The van der Waals surface area contributed by atoms with Crippen LogP contribution in [0.4, 0.5) is 30.6 Å². The third kappa shape index (κ3) is 5.50. The van der Waals surface area contributed by atoms with Crippen molar-refractivity contribution in [1.29, 1.82) is 0 Å². The average molecular weight is 490 g/mol. The number of hydrogen-bond acceptors (Lipinski definition) is 8. The van der Waals surface area contributed by atoms with Crippen LogP contribution < -0.4 is 15.5 Å². The molecule has 0 aliphatic carbocycles. The van der Waals surface area contributed by atoms with Gasteiger partial charge in [-0.15, -0.1) is 0 Å². The molecule has 0 saturated heterocycles. The Morgan fingerprint density at radius 2 is 2.00 bits per heavy atom. The van der Waals surface area contributed by atoms with Crippen molar-refractivity contribution in [1.82, 2.24) is 24.7 Å². The van der Waals surface area contributed by atoms with Crippen LogP contribution in [0.5, 0.6) is 0 Å². The molecule has 0 bridgehead atoms. The third-order valence-corrected chi connectivity index (χ3v) is 5.62. The van der Waals surface area contributed by atoms with Crippen LogP contribution >= 0.6 is 0 Å². The minimum atomic E-state index is -4.47. The second kappa shape index (κ2) is 9.86. The van der Waals surface area contributed by atoms with Gasteiger partial charge in [0.1, 0.15) is 17.4 Å². The van der Waals surface area contributed by atoms with Crippen LogP contribution in [0.25, 0.3) is 0 Å². The van der Waals surface area contributed by atoms with Crippen LogP contribution in [0.15, 0.2) is 30.7 Å². The van der Waals surface area contributed by atoms with E-state index in [4.69, 9.17) is 4.74 Å². The topological polar surface area (TPSA) is 110 Å². The summed E-state index contributed by atoms with van der Waals surface area (Å²) in [6, 6.07) is 1.94. The fourth-order valence-electron chi connectivity index (χ4n) is 3.76. The first-order chi connectivity index (χ1) is 16.7. The predicted octanol–water partition coefficient (Wildman–Crippen LogP) is 2.85. The number of rotatable bonds is 8. The van der Waals surface area contributed by atoms with Gasteiger partial charge in [-0.25, -0.2) is 4.98 Å². The van der Waals surface area contributed by atoms with Crippen molar-refractivity contribution >= 4 is 23.4 Å². The van der Waals surface area contributed by atoms with Gasteiger partial charge in [-0.1, -0.05) is 6.07 Å². The number of likely N-dealkylation sites (N-methyl/N-ethyl adjacent to an activating group) is 1. The maximum Gasteiger partial charge on any atom is 0.433 e. The van der Waals surface area contributed by atoms with Gasteiger partial charge >= 0.3 is 6.18 Å². The summed E-state index contributed by atoms with van der Waals surface area (Å²) in [6.45, 7) is 2.91. The zero-order chi connectivity index (χ0) is 25.2. The molecule has 3 aromatic rings. The number of alkyl halides is 3. The summed E-state index contributed by atoms with van der Waals surface area (Å²) in [5.74, 6) is 0.890. The summed E-state index contributed by atoms with van der Waals surface area (Å²) < 4.78 is 44.8. The maximum absolute atomic E-state index is 12.7. The molecule has 13 heteroatoms. The molecule has 0 aromatic carbocycles. The van der Waals surface area contributed by atoms with Crippen molar-refractivity contribution in [2.75, 3.05) is 36.3 Å². The Labute approximate surface area is 199 Å². The molecular weight excluding hydrogens is 465 g/mol. The quantitative estimate of drug-likeness (QED) is 0.496. The van der Waals surface area contributed by atoms with Crippen LogP contribution in [0.3, 0.4) is 0 Å². The second-order valence-electron chi connectivity index (χ2n) is 8.18. The van der Waals surface area contributed by atoms with Gasteiger partial charge in [-0.2, -0.15) is 23.3 Å². The number of carbonyl (C=O) groups is 1. The lowest BCUT2D eigenvalue weighted by atomic mass is 10.1. The number of fused-ring (bicyclic) bond motifs is 1. The lowest BCUT2D eigenvalue weighted by molar-refractivity contribution is -0.141. The van der Waals surface area contributed by atoms with E-state index in [0.717, 1.165) is 11.6 Å². The Balaban J connectivity index is 1.41.